The van der Waals surface area contributed by atoms with Gasteiger partial charge in [-0.1, -0.05) is 36.4 Å². The average molecular weight is 266 g/mol. The number of aromatic nitrogens is 1. The number of nitrogens with zero attached hydrogens (tertiary/aromatic N) is 1. The molecule has 0 atom stereocenters. The van der Waals surface area contributed by atoms with Gasteiger partial charge in [0.15, 0.2) is 0 Å². The third-order valence-corrected chi connectivity index (χ3v) is 2.63. The maximum Gasteiger partial charge on any atom is 0.0528 e. The normalized spacial score (nSPS) is 9.41. The summed E-state index contributed by atoms with van der Waals surface area (Å²) in [6, 6.07) is 20.9. The highest BCUT2D eigenvalue weighted by Crippen LogP contribution is 2.19. The Kier molecular flexibility index (Phi) is 4.62. The predicted molar refractivity (Wildman–Crippen MR) is 77.8 cm³/mol. The van der Waals surface area contributed by atoms with Crippen molar-refractivity contribution in [2.45, 2.75) is 0 Å². The molecule has 3 rings (SSSR count). The van der Waals surface area contributed by atoms with Gasteiger partial charge >= 0.3 is 0 Å². The van der Waals surface area contributed by atoms with Crippen LogP contribution in [0, 0.1) is 0 Å². The van der Waals surface area contributed by atoms with Crippen molar-refractivity contribution in [3.8, 4) is 5.69 Å². The van der Waals surface area contributed by atoms with Crippen LogP contribution in [-0.2, 0) is 0 Å². The van der Waals surface area contributed by atoms with Gasteiger partial charge in [-0.3, -0.25) is 0 Å². The molecule has 3 aromatic rings. The van der Waals surface area contributed by atoms with E-state index in [-0.39, 0.29) is 24.8 Å². The SMILES string of the molecule is Cl.Cl.c1ccc(-n2ccc3ccccc32)cc1. The lowest BCUT2D eigenvalue weighted by molar-refractivity contribution is 1.13. The molecule has 0 spiro atoms. The molecular formula is C14H13Cl2N. The summed E-state index contributed by atoms with van der Waals surface area (Å²) in [5.41, 5.74) is 2.46. The van der Waals surface area contributed by atoms with Crippen LogP contribution in [0.15, 0.2) is 66.9 Å². The Labute approximate surface area is 113 Å². The summed E-state index contributed by atoms with van der Waals surface area (Å²) in [5.74, 6) is 0. The summed E-state index contributed by atoms with van der Waals surface area (Å²) in [4.78, 5) is 0. The summed E-state index contributed by atoms with van der Waals surface area (Å²) in [7, 11) is 0. The lowest BCUT2D eigenvalue weighted by Crippen LogP contribution is -1.89. The molecule has 0 unspecified atom stereocenters. The first kappa shape index (κ1) is 13.6. The van der Waals surface area contributed by atoms with E-state index >= 15 is 0 Å². The van der Waals surface area contributed by atoms with Crippen molar-refractivity contribution >= 4 is 35.7 Å². The van der Waals surface area contributed by atoms with Gasteiger partial charge in [0.05, 0.1) is 5.52 Å². The number of para-hydroxylation sites is 2. The van der Waals surface area contributed by atoms with Crippen LogP contribution in [0.5, 0.6) is 0 Å². The number of benzene rings is 2. The Morgan fingerprint density at radius 2 is 1.29 bits per heavy atom. The molecule has 1 aromatic heterocycles. The predicted octanol–water partition coefficient (Wildman–Crippen LogP) is 4.47. The first-order valence-corrected chi connectivity index (χ1v) is 5.07. The molecule has 0 aliphatic rings. The maximum absolute atomic E-state index is 2.20. The van der Waals surface area contributed by atoms with Gasteiger partial charge in [-0.2, -0.15) is 0 Å². The largest absolute Gasteiger partial charge is 0.317 e. The summed E-state index contributed by atoms with van der Waals surface area (Å²) in [5, 5.41) is 1.28. The van der Waals surface area contributed by atoms with E-state index in [4.69, 9.17) is 0 Å². The molecule has 1 nitrogen and oxygen atoms in total. The standard InChI is InChI=1S/C14H11N.2ClH/c1-2-7-13(8-3-1)15-11-10-12-6-4-5-9-14(12)15;;/h1-11H;2*1H. The van der Waals surface area contributed by atoms with Gasteiger partial charge in [0.1, 0.15) is 0 Å². The number of hydrogen-bond donors (Lipinski definition) is 0. The van der Waals surface area contributed by atoms with E-state index in [0.717, 1.165) is 0 Å². The molecule has 0 saturated carbocycles. The van der Waals surface area contributed by atoms with Gasteiger partial charge in [-0.25, -0.2) is 0 Å². The van der Waals surface area contributed by atoms with E-state index in [1.54, 1.807) is 0 Å². The summed E-state index contributed by atoms with van der Waals surface area (Å²) >= 11 is 0. The van der Waals surface area contributed by atoms with Gasteiger partial charge in [0, 0.05) is 11.9 Å². The Morgan fingerprint density at radius 3 is 2.06 bits per heavy atom. The summed E-state index contributed by atoms with van der Waals surface area (Å²) in [6.45, 7) is 0. The molecule has 0 saturated heterocycles. The van der Waals surface area contributed by atoms with Crippen molar-refractivity contribution in [3.63, 3.8) is 0 Å². The highest BCUT2D eigenvalue weighted by Gasteiger charge is 2.00. The van der Waals surface area contributed by atoms with Gasteiger partial charge in [0.25, 0.3) is 0 Å². The van der Waals surface area contributed by atoms with Gasteiger partial charge in [-0.15, -0.1) is 24.8 Å². The summed E-state index contributed by atoms with van der Waals surface area (Å²) in [6.07, 6.45) is 2.11. The lowest BCUT2D eigenvalue weighted by atomic mass is 10.2. The van der Waals surface area contributed by atoms with Crippen LogP contribution in [0.1, 0.15) is 0 Å². The number of hydrogen-bond acceptors (Lipinski definition) is 0. The van der Waals surface area contributed by atoms with Crippen molar-refractivity contribution in [2.24, 2.45) is 0 Å². The fourth-order valence-electron chi connectivity index (χ4n) is 1.90. The molecule has 2 aromatic carbocycles. The molecule has 0 bridgehead atoms. The third-order valence-electron chi connectivity index (χ3n) is 2.63. The highest BCUT2D eigenvalue weighted by atomic mass is 35.5. The monoisotopic (exact) mass is 265 g/mol. The molecule has 0 N–H and O–H groups in total. The molecule has 0 radical (unpaired) electrons. The van der Waals surface area contributed by atoms with Crippen LogP contribution in [0.25, 0.3) is 16.6 Å². The smallest absolute Gasteiger partial charge is 0.0528 e. The van der Waals surface area contributed by atoms with E-state index < -0.39 is 0 Å². The minimum Gasteiger partial charge on any atom is -0.317 e. The number of fused-ring (bicyclic) bond motifs is 1. The Balaban J connectivity index is 0.000000722. The van der Waals surface area contributed by atoms with E-state index in [9.17, 15) is 0 Å². The van der Waals surface area contributed by atoms with Crippen LogP contribution in [0.3, 0.4) is 0 Å². The molecule has 0 amide bonds. The van der Waals surface area contributed by atoms with Crippen LogP contribution >= 0.6 is 24.8 Å². The van der Waals surface area contributed by atoms with Crippen LogP contribution in [0.4, 0.5) is 0 Å². The fraction of sp³-hybridized carbons (Fsp3) is 0. The fourth-order valence-corrected chi connectivity index (χ4v) is 1.90. The third kappa shape index (κ3) is 2.46. The van der Waals surface area contributed by atoms with Gasteiger partial charge in [-0.05, 0) is 29.7 Å². The summed E-state index contributed by atoms with van der Waals surface area (Å²) < 4.78 is 2.20. The molecule has 0 fully saturated rings. The van der Waals surface area contributed by atoms with E-state index in [0.29, 0.717) is 0 Å². The van der Waals surface area contributed by atoms with E-state index in [1.807, 2.05) is 6.07 Å². The lowest BCUT2D eigenvalue weighted by Gasteiger charge is -2.04. The average Bonchev–Trinajstić information content (AvgIpc) is 2.74. The maximum atomic E-state index is 2.20. The van der Waals surface area contributed by atoms with Crippen molar-refractivity contribution in [3.05, 3.63) is 66.9 Å². The Hall–Kier alpha value is -1.44. The van der Waals surface area contributed by atoms with Gasteiger partial charge < -0.3 is 4.57 Å². The number of halogens is 2. The van der Waals surface area contributed by atoms with Crippen molar-refractivity contribution in [2.75, 3.05) is 0 Å². The van der Waals surface area contributed by atoms with Crippen molar-refractivity contribution < 1.29 is 0 Å². The Bertz CT molecular complexity index is 587. The molecule has 17 heavy (non-hydrogen) atoms. The van der Waals surface area contributed by atoms with E-state index in [1.165, 1.54) is 16.6 Å². The zero-order valence-electron chi connectivity index (χ0n) is 9.11. The first-order valence-electron chi connectivity index (χ1n) is 5.07. The second-order valence-electron chi connectivity index (χ2n) is 3.58. The zero-order valence-corrected chi connectivity index (χ0v) is 10.7. The molecule has 1 heterocycles. The zero-order chi connectivity index (χ0) is 10.1. The van der Waals surface area contributed by atoms with Crippen LogP contribution in [-0.4, -0.2) is 4.57 Å². The number of rotatable bonds is 1. The first-order chi connectivity index (χ1) is 7.45. The quantitative estimate of drug-likeness (QED) is 0.612. The minimum atomic E-state index is 0. The molecular weight excluding hydrogens is 253 g/mol. The van der Waals surface area contributed by atoms with Gasteiger partial charge in [0.2, 0.25) is 0 Å². The highest BCUT2D eigenvalue weighted by molar-refractivity contribution is 5.85. The van der Waals surface area contributed by atoms with Crippen molar-refractivity contribution in [1.82, 2.24) is 4.57 Å². The van der Waals surface area contributed by atoms with Crippen LogP contribution in [0.2, 0.25) is 0 Å². The molecule has 0 aliphatic carbocycles. The second kappa shape index (κ2) is 5.76. The topological polar surface area (TPSA) is 4.93 Å². The van der Waals surface area contributed by atoms with E-state index in [2.05, 4.69) is 65.4 Å². The van der Waals surface area contributed by atoms with Crippen molar-refractivity contribution in [1.29, 1.82) is 0 Å². The molecule has 0 aliphatic heterocycles. The molecule has 3 heteroatoms. The minimum absolute atomic E-state index is 0. The van der Waals surface area contributed by atoms with Crippen LogP contribution < -0.4 is 0 Å². The second-order valence-corrected chi connectivity index (χ2v) is 3.58. The Morgan fingerprint density at radius 1 is 0.647 bits per heavy atom. The molecule has 88 valence electrons.